The van der Waals surface area contributed by atoms with E-state index in [2.05, 4.69) is 9.97 Å². The van der Waals surface area contributed by atoms with Crippen molar-refractivity contribution in [2.24, 2.45) is 11.8 Å². The van der Waals surface area contributed by atoms with Crippen LogP contribution in [-0.2, 0) is 44.4 Å². The second-order valence-electron chi connectivity index (χ2n) is 13.9. The minimum atomic E-state index is -5.17. The third-order valence-corrected chi connectivity index (χ3v) is 10.7. The molecule has 56 heavy (non-hydrogen) atoms. The lowest BCUT2D eigenvalue weighted by Gasteiger charge is -2.36. The average Bonchev–Trinajstić information content (AvgIpc) is 3.11. The highest BCUT2D eigenvalue weighted by molar-refractivity contribution is 7.90. The molecule has 1 fully saturated rings. The summed E-state index contributed by atoms with van der Waals surface area (Å²) in [4.78, 5) is 23.3. The number of esters is 1. The SMILES string of the molecule is CCN(C[C@H]1CC[C@H](CC(=O)OC)CC1)c1ccc(C(F)(F)F)cc1CN(c1ncc(OCCS(C)(=O)=O)cn1)[C@@H](C)c1cc(C(F)(F)F)cc(C(F)(F)F)c1. The van der Waals surface area contributed by atoms with Gasteiger partial charge in [-0.25, -0.2) is 18.4 Å². The van der Waals surface area contributed by atoms with Gasteiger partial charge in [-0.1, -0.05) is 0 Å². The normalized spacial score (nSPS) is 17.3. The molecule has 0 bridgehead atoms. The molecule has 0 saturated heterocycles. The number of halogens is 9. The Kier molecular flexibility index (Phi) is 14.2. The summed E-state index contributed by atoms with van der Waals surface area (Å²) >= 11 is 0. The molecule has 310 valence electrons. The first-order valence-electron chi connectivity index (χ1n) is 17.7. The van der Waals surface area contributed by atoms with E-state index in [-0.39, 0.29) is 59.9 Å². The first-order chi connectivity index (χ1) is 26.0. The van der Waals surface area contributed by atoms with Crippen molar-refractivity contribution in [3.63, 3.8) is 0 Å². The van der Waals surface area contributed by atoms with Crippen LogP contribution in [0.2, 0.25) is 0 Å². The maximum absolute atomic E-state index is 14.2. The molecule has 1 saturated carbocycles. The number of carbonyl (C=O) groups is 1. The predicted molar refractivity (Wildman–Crippen MR) is 190 cm³/mol. The molecule has 2 aromatic carbocycles. The second kappa shape index (κ2) is 17.9. The maximum atomic E-state index is 14.2. The lowest BCUT2D eigenvalue weighted by Crippen LogP contribution is -2.34. The van der Waals surface area contributed by atoms with Gasteiger partial charge in [-0.2, -0.15) is 39.5 Å². The molecule has 19 heteroatoms. The van der Waals surface area contributed by atoms with E-state index in [1.54, 1.807) is 6.92 Å². The van der Waals surface area contributed by atoms with Gasteiger partial charge >= 0.3 is 24.5 Å². The van der Waals surface area contributed by atoms with Gasteiger partial charge in [0.1, 0.15) is 6.61 Å². The van der Waals surface area contributed by atoms with Crippen molar-refractivity contribution in [2.75, 3.05) is 48.6 Å². The molecule has 1 aliphatic rings. The Morgan fingerprint density at radius 2 is 1.41 bits per heavy atom. The molecule has 1 atom stereocenters. The molecule has 3 aromatic rings. The van der Waals surface area contributed by atoms with Crippen molar-refractivity contribution in [2.45, 2.75) is 77.1 Å². The first-order valence-corrected chi connectivity index (χ1v) is 19.7. The van der Waals surface area contributed by atoms with E-state index in [4.69, 9.17) is 9.47 Å². The van der Waals surface area contributed by atoms with E-state index in [1.165, 1.54) is 25.0 Å². The molecule has 0 amide bonds. The van der Waals surface area contributed by atoms with E-state index in [9.17, 15) is 52.7 Å². The number of rotatable bonds is 15. The van der Waals surface area contributed by atoms with E-state index >= 15 is 0 Å². The predicted octanol–water partition coefficient (Wildman–Crippen LogP) is 8.92. The summed E-state index contributed by atoms with van der Waals surface area (Å²) in [6, 6.07) is 2.77. The fraction of sp³-hybridized carbons (Fsp3) is 0.541. The van der Waals surface area contributed by atoms with Gasteiger partial charge in [-0.05, 0) is 98.9 Å². The van der Waals surface area contributed by atoms with Crippen LogP contribution in [0, 0.1) is 11.8 Å². The summed E-state index contributed by atoms with van der Waals surface area (Å²) < 4.78 is 159. The lowest BCUT2D eigenvalue weighted by molar-refractivity contribution is -0.144. The van der Waals surface area contributed by atoms with Gasteiger partial charge in [0.2, 0.25) is 5.95 Å². The van der Waals surface area contributed by atoms with Gasteiger partial charge in [0, 0.05) is 38.0 Å². The number of hydrogen-bond donors (Lipinski definition) is 0. The summed E-state index contributed by atoms with van der Waals surface area (Å²) in [6.07, 6.45) is -8.69. The van der Waals surface area contributed by atoms with Gasteiger partial charge < -0.3 is 19.3 Å². The van der Waals surface area contributed by atoms with Gasteiger partial charge in [0.15, 0.2) is 15.6 Å². The van der Waals surface area contributed by atoms with E-state index < -0.39 is 63.2 Å². The van der Waals surface area contributed by atoms with E-state index in [0.717, 1.165) is 56.5 Å². The number of methoxy groups -OCH3 is 1. The zero-order valence-electron chi connectivity index (χ0n) is 31.1. The van der Waals surface area contributed by atoms with Crippen LogP contribution < -0.4 is 14.5 Å². The Hall–Kier alpha value is -4.29. The Bertz CT molecular complexity index is 1870. The molecule has 1 heterocycles. The molecule has 1 aliphatic carbocycles. The number of carbonyl (C=O) groups excluding carboxylic acids is 1. The minimum absolute atomic E-state index is 0.0124. The van der Waals surface area contributed by atoms with Crippen molar-refractivity contribution < 1.29 is 62.2 Å². The quantitative estimate of drug-likeness (QED) is 0.110. The number of aromatic nitrogens is 2. The molecule has 4 rings (SSSR count). The Balaban J connectivity index is 1.78. The van der Waals surface area contributed by atoms with Crippen LogP contribution in [0.15, 0.2) is 48.8 Å². The maximum Gasteiger partial charge on any atom is 0.416 e. The zero-order chi connectivity index (χ0) is 41.6. The summed E-state index contributed by atoms with van der Waals surface area (Å²) in [5.41, 5.74) is -4.25. The van der Waals surface area contributed by atoms with E-state index in [0.29, 0.717) is 30.9 Å². The number of alkyl halides is 9. The number of anilines is 2. The zero-order valence-corrected chi connectivity index (χ0v) is 31.9. The van der Waals surface area contributed by atoms with Crippen LogP contribution in [0.3, 0.4) is 0 Å². The highest BCUT2D eigenvalue weighted by atomic mass is 32.2. The highest BCUT2D eigenvalue weighted by Crippen LogP contribution is 2.41. The third-order valence-electron chi connectivity index (χ3n) is 9.75. The van der Waals surface area contributed by atoms with Gasteiger partial charge in [0.25, 0.3) is 0 Å². The van der Waals surface area contributed by atoms with Crippen LogP contribution >= 0.6 is 0 Å². The second-order valence-corrected chi connectivity index (χ2v) is 16.1. The summed E-state index contributed by atoms with van der Waals surface area (Å²) in [5.74, 6) is -0.699. The summed E-state index contributed by atoms with van der Waals surface area (Å²) in [6.45, 7) is 3.08. The van der Waals surface area contributed by atoms with Crippen molar-refractivity contribution in [3.8, 4) is 5.75 Å². The summed E-state index contributed by atoms with van der Waals surface area (Å²) in [7, 11) is -2.09. The molecule has 0 N–H and O–H groups in total. The van der Waals surface area contributed by atoms with Crippen molar-refractivity contribution in [1.82, 2.24) is 9.97 Å². The van der Waals surface area contributed by atoms with E-state index in [1.807, 2.05) is 4.90 Å². The molecule has 0 radical (unpaired) electrons. The molecule has 0 aliphatic heterocycles. The minimum Gasteiger partial charge on any atom is -0.489 e. The number of ether oxygens (including phenoxy) is 2. The fourth-order valence-corrected chi connectivity index (χ4v) is 7.04. The van der Waals surface area contributed by atoms with Crippen LogP contribution in [0.25, 0.3) is 0 Å². The highest BCUT2D eigenvalue weighted by Gasteiger charge is 2.38. The number of sulfone groups is 1. The molecule has 9 nitrogen and oxygen atoms in total. The summed E-state index contributed by atoms with van der Waals surface area (Å²) in [5, 5.41) is 0. The lowest BCUT2D eigenvalue weighted by atomic mass is 9.80. The number of hydrogen-bond acceptors (Lipinski definition) is 9. The van der Waals surface area contributed by atoms with Gasteiger partial charge in [0.05, 0.1) is 48.0 Å². The monoisotopic (exact) mass is 826 g/mol. The standard InChI is InChI=1S/C37H43F9N4O5S/c1-5-49(21-25-8-6-24(7-9-25)14-33(51)54-3)32-11-10-28(35(38,39)40)17-27(32)22-50(34-47-19-31(20-48-34)55-12-13-56(4,52)53)23(2)26-15-29(36(41,42)43)18-30(16-26)37(44,45)46/h10-11,15-20,23-25H,5-9,12-14,21-22H2,1-4H3/t23-,24-,25-/m0/s1. The largest absolute Gasteiger partial charge is 0.489 e. The number of nitrogens with zero attached hydrogens (tertiary/aromatic N) is 4. The van der Waals surface area contributed by atoms with Crippen LogP contribution in [0.4, 0.5) is 51.1 Å². The van der Waals surface area contributed by atoms with Crippen molar-refractivity contribution in [3.05, 3.63) is 76.6 Å². The van der Waals surface area contributed by atoms with Gasteiger partial charge in [-0.15, -0.1) is 0 Å². The fourth-order valence-electron chi connectivity index (χ4n) is 6.65. The van der Waals surface area contributed by atoms with Gasteiger partial charge in [-0.3, -0.25) is 4.79 Å². The smallest absolute Gasteiger partial charge is 0.416 e. The average molecular weight is 827 g/mol. The number of benzene rings is 2. The Morgan fingerprint density at radius 3 is 1.91 bits per heavy atom. The topological polar surface area (TPSA) is 102 Å². The molecule has 1 aromatic heterocycles. The third kappa shape index (κ3) is 12.4. The van der Waals surface area contributed by atoms with Crippen LogP contribution in [0.5, 0.6) is 5.75 Å². The van der Waals surface area contributed by atoms with Crippen LogP contribution in [0.1, 0.15) is 79.8 Å². The molecule has 0 spiro atoms. The molecular formula is C37H43F9N4O5S. The van der Waals surface area contributed by atoms with Crippen LogP contribution in [-0.4, -0.2) is 63.2 Å². The Labute approximate surface area is 319 Å². The molecule has 0 unspecified atom stereocenters. The molecular weight excluding hydrogens is 783 g/mol. The first kappa shape index (κ1) is 44.4. The van der Waals surface area contributed by atoms with Crippen molar-refractivity contribution in [1.29, 1.82) is 0 Å². The van der Waals surface area contributed by atoms with Crippen molar-refractivity contribution >= 4 is 27.4 Å². The Morgan fingerprint density at radius 1 is 0.857 bits per heavy atom.